The number of hydrogen-bond donors (Lipinski definition) is 3. The molecule has 0 spiro atoms. The molecule has 0 radical (unpaired) electrons. The van der Waals surface area contributed by atoms with Gasteiger partial charge in [-0.2, -0.15) is 0 Å². The number of carbonyl (C=O) groups is 4. The van der Waals surface area contributed by atoms with E-state index < -0.39 is 47.4 Å². The van der Waals surface area contributed by atoms with Crippen molar-refractivity contribution in [3.8, 4) is 5.75 Å². The largest absolute Gasteiger partial charge is 0.497 e. The van der Waals surface area contributed by atoms with Crippen molar-refractivity contribution in [2.75, 3.05) is 46.6 Å². The fourth-order valence-corrected chi connectivity index (χ4v) is 5.23. The maximum atomic E-state index is 13.6. The molecule has 2 aliphatic heterocycles. The molecule has 1 aromatic rings. The molecule has 42 heavy (non-hydrogen) atoms. The van der Waals surface area contributed by atoms with Gasteiger partial charge in [-0.3, -0.25) is 24.1 Å². The minimum Gasteiger partial charge on any atom is -0.497 e. The molecular weight excluding hydrogens is 554 g/mol. The summed E-state index contributed by atoms with van der Waals surface area (Å²) in [7, 11) is 1.53. The fraction of sp³-hybridized carbons (Fsp3) is 0.655. The van der Waals surface area contributed by atoms with E-state index in [0.717, 1.165) is 0 Å². The van der Waals surface area contributed by atoms with Gasteiger partial charge in [0, 0.05) is 32.4 Å². The number of amides is 3. The van der Waals surface area contributed by atoms with E-state index in [1.807, 2.05) is 4.90 Å². The van der Waals surface area contributed by atoms with Crippen LogP contribution in [0.1, 0.15) is 38.7 Å². The maximum absolute atomic E-state index is 13.6. The molecule has 1 aromatic carbocycles. The molecule has 3 amide bonds. The van der Waals surface area contributed by atoms with Crippen molar-refractivity contribution in [2.45, 2.75) is 69.2 Å². The molecule has 0 bridgehead atoms. The van der Waals surface area contributed by atoms with Crippen molar-refractivity contribution >= 4 is 23.5 Å². The molecule has 3 fully saturated rings. The summed E-state index contributed by atoms with van der Waals surface area (Å²) >= 11 is 0. The van der Waals surface area contributed by atoms with Gasteiger partial charge in [0.1, 0.15) is 23.4 Å². The summed E-state index contributed by atoms with van der Waals surface area (Å²) in [6.45, 7) is 5.70. The second kappa shape index (κ2) is 13.4. The molecule has 2 saturated heterocycles. The minimum absolute atomic E-state index is 0.0519. The van der Waals surface area contributed by atoms with Crippen molar-refractivity contribution in [1.82, 2.24) is 20.9 Å². The zero-order chi connectivity index (χ0) is 30.5. The zero-order valence-corrected chi connectivity index (χ0v) is 24.3. The zero-order valence-electron chi connectivity index (χ0n) is 24.3. The summed E-state index contributed by atoms with van der Waals surface area (Å²) in [6.07, 6.45) is -0.571. The number of morpholine rings is 1. The van der Waals surface area contributed by atoms with Crippen LogP contribution in [0.15, 0.2) is 24.3 Å². The quantitative estimate of drug-likeness (QED) is 0.270. The summed E-state index contributed by atoms with van der Waals surface area (Å²) in [6, 6.07) is 3.82. The van der Waals surface area contributed by atoms with Gasteiger partial charge in [0.05, 0.1) is 39.5 Å². The number of alkyl halides is 2. The number of Topliss-reactive ketones (excluding diaryl/α,β-unsaturated/α-hetero) is 1. The lowest BCUT2D eigenvalue weighted by atomic mass is 9.76. The number of carbonyl (C=O) groups excluding carboxylic acids is 4. The van der Waals surface area contributed by atoms with Crippen LogP contribution in [0.4, 0.5) is 8.78 Å². The van der Waals surface area contributed by atoms with Crippen LogP contribution in [-0.4, -0.2) is 105 Å². The molecule has 3 aliphatic rings. The van der Waals surface area contributed by atoms with E-state index in [-0.39, 0.29) is 50.5 Å². The number of halogens is 2. The first-order valence-electron chi connectivity index (χ1n) is 14.3. The fourth-order valence-electron chi connectivity index (χ4n) is 5.23. The standard InChI is InChI=1S/C29H40F2N4O7/c1-18(32-24(36)16-35-8-10-41-11-9-35)26(38)34-23(12-19-4-6-21(40-3)7-5-19)27(39)33-22(25(37)28(2)17-42-28)13-20-14-29(30,31)15-20/h4-7,18,20,22-23H,8-17H2,1-3H3,(H,32,36)(H,33,39)(H,34,38)/t18-,22-,23-,28+/m0/s1. The number of nitrogens with one attached hydrogen (secondary N) is 3. The minimum atomic E-state index is -2.77. The highest BCUT2D eigenvalue weighted by Gasteiger charge is 2.53. The van der Waals surface area contributed by atoms with Crippen LogP contribution < -0.4 is 20.7 Å². The highest BCUT2D eigenvalue weighted by atomic mass is 19.3. The number of nitrogens with zero attached hydrogens (tertiary/aromatic N) is 1. The van der Waals surface area contributed by atoms with Gasteiger partial charge in [-0.05, 0) is 43.9 Å². The molecule has 4 rings (SSSR count). The van der Waals surface area contributed by atoms with Crippen LogP contribution in [0.5, 0.6) is 5.75 Å². The number of hydrogen-bond acceptors (Lipinski definition) is 8. The van der Waals surface area contributed by atoms with Gasteiger partial charge in [0.2, 0.25) is 23.6 Å². The van der Waals surface area contributed by atoms with Gasteiger partial charge in [-0.25, -0.2) is 8.78 Å². The van der Waals surface area contributed by atoms with E-state index in [2.05, 4.69) is 16.0 Å². The first-order valence-corrected chi connectivity index (χ1v) is 14.3. The number of rotatable bonds is 14. The van der Waals surface area contributed by atoms with E-state index >= 15 is 0 Å². The Hall–Kier alpha value is -3.16. The van der Waals surface area contributed by atoms with E-state index in [1.165, 1.54) is 14.0 Å². The number of benzene rings is 1. The molecule has 3 N–H and O–H groups in total. The predicted octanol–water partition coefficient (Wildman–Crippen LogP) is 0.838. The average molecular weight is 595 g/mol. The predicted molar refractivity (Wildman–Crippen MR) is 147 cm³/mol. The van der Waals surface area contributed by atoms with Crippen LogP contribution in [0.3, 0.4) is 0 Å². The first kappa shape index (κ1) is 31.8. The Labute approximate surface area is 244 Å². The Bertz CT molecular complexity index is 1130. The smallest absolute Gasteiger partial charge is 0.248 e. The summed E-state index contributed by atoms with van der Waals surface area (Å²) in [5.74, 6) is -4.53. The molecule has 1 saturated carbocycles. The molecule has 1 aliphatic carbocycles. The summed E-state index contributed by atoms with van der Waals surface area (Å²) < 4.78 is 42.8. The molecule has 4 atom stereocenters. The number of ketones is 1. The summed E-state index contributed by atoms with van der Waals surface area (Å²) in [4.78, 5) is 54.4. The first-order chi connectivity index (χ1) is 19.9. The van der Waals surface area contributed by atoms with Gasteiger partial charge in [0.15, 0.2) is 5.78 Å². The van der Waals surface area contributed by atoms with E-state index in [4.69, 9.17) is 14.2 Å². The summed E-state index contributed by atoms with van der Waals surface area (Å²) in [5.41, 5.74) is -0.364. The third kappa shape index (κ3) is 8.68. The van der Waals surface area contributed by atoms with Crippen LogP contribution >= 0.6 is 0 Å². The van der Waals surface area contributed by atoms with Crippen molar-refractivity contribution in [3.05, 3.63) is 29.8 Å². The van der Waals surface area contributed by atoms with Crippen molar-refractivity contribution in [2.24, 2.45) is 5.92 Å². The SMILES string of the molecule is COc1ccc(C[C@H](NC(=O)[C@H](C)NC(=O)CN2CCOCC2)C(=O)N[C@@H](CC2CC(F)(F)C2)C(=O)[C@@]2(C)CO2)cc1. The Morgan fingerprint density at radius 2 is 1.64 bits per heavy atom. The van der Waals surface area contributed by atoms with Gasteiger partial charge >= 0.3 is 0 Å². The average Bonchev–Trinajstić information content (AvgIpc) is 3.69. The topological polar surface area (TPSA) is 139 Å². The number of ether oxygens (including phenoxy) is 3. The van der Waals surface area contributed by atoms with Crippen molar-refractivity contribution in [1.29, 1.82) is 0 Å². The van der Waals surface area contributed by atoms with Crippen molar-refractivity contribution in [3.63, 3.8) is 0 Å². The van der Waals surface area contributed by atoms with Crippen LogP contribution in [-0.2, 0) is 35.1 Å². The molecule has 13 heteroatoms. The maximum Gasteiger partial charge on any atom is 0.248 e. The van der Waals surface area contributed by atoms with E-state index in [0.29, 0.717) is 37.6 Å². The Kier molecular flexibility index (Phi) is 10.2. The Balaban J connectivity index is 1.43. The third-order valence-corrected chi connectivity index (χ3v) is 7.95. The number of epoxide rings is 1. The number of methoxy groups -OCH3 is 1. The molecule has 0 aromatic heterocycles. The monoisotopic (exact) mass is 594 g/mol. The second-order valence-electron chi connectivity index (χ2n) is 11.6. The highest BCUT2D eigenvalue weighted by molar-refractivity contribution is 5.98. The van der Waals surface area contributed by atoms with Crippen LogP contribution in [0, 0.1) is 5.92 Å². The van der Waals surface area contributed by atoms with Gasteiger partial charge in [0.25, 0.3) is 0 Å². The molecule has 0 unspecified atom stereocenters. The van der Waals surface area contributed by atoms with Gasteiger partial charge < -0.3 is 30.2 Å². The molecule has 2 heterocycles. The van der Waals surface area contributed by atoms with Crippen LogP contribution in [0.25, 0.3) is 0 Å². The third-order valence-electron chi connectivity index (χ3n) is 7.95. The lowest BCUT2D eigenvalue weighted by molar-refractivity contribution is -0.137. The summed E-state index contributed by atoms with van der Waals surface area (Å²) in [5, 5.41) is 8.08. The Morgan fingerprint density at radius 1 is 1.02 bits per heavy atom. The second-order valence-corrected chi connectivity index (χ2v) is 11.6. The van der Waals surface area contributed by atoms with E-state index in [1.54, 1.807) is 31.2 Å². The lowest BCUT2D eigenvalue weighted by Crippen LogP contribution is -2.57. The van der Waals surface area contributed by atoms with Crippen molar-refractivity contribution < 1.29 is 42.2 Å². The van der Waals surface area contributed by atoms with Gasteiger partial charge in [-0.15, -0.1) is 0 Å². The van der Waals surface area contributed by atoms with Gasteiger partial charge in [-0.1, -0.05) is 12.1 Å². The highest BCUT2D eigenvalue weighted by Crippen LogP contribution is 2.45. The molecular formula is C29H40F2N4O7. The molecule has 11 nitrogen and oxygen atoms in total. The molecule has 232 valence electrons. The van der Waals surface area contributed by atoms with Crippen LogP contribution in [0.2, 0.25) is 0 Å². The lowest BCUT2D eigenvalue weighted by Gasteiger charge is -2.37. The van der Waals surface area contributed by atoms with E-state index in [9.17, 15) is 28.0 Å². The normalized spacial score (nSPS) is 23.9. The Morgan fingerprint density at radius 3 is 2.21 bits per heavy atom.